The summed E-state index contributed by atoms with van der Waals surface area (Å²) in [4.78, 5) is 25.8. The van der Waals surface area contributed by atoms with Gasteiger partial charge >= 0.3 is 5.97 Å². The molecule has 1 unspecified atom stereocenters. The number of aliphatic carboxylic acids is 1. The molecule has 140 valence electrons. The predicted octanol–water partition coefficient (Wildman–Crippen LogP) is 1.60. The SMILES string of the molecule is C=CCC1C(C(C)=C[C@@H]2CC(=C)CN2)=C(C(=O)O)N2C(=O)[C@H]([C@@H](C)O)[C@@H]12. The van der Waals surface area contributed by atoms with Crippen LogP contribution in [0, 0.1) is 11.8 Å². The summed E-state index contributed by atoms with van der Waals surface area (Å²) in [6.45, 7) is 12.0. The van der Waals surface area contributed by atoms with Gasteiger partial charge in [0.05, 0.1) is 18.1 Å². The number of carbonyl (C=O) groups is 2. The van der Waals surface area contributed by atoms with Gasteiger partial charge in [0.1, 0.15) is 5.70 Å². The highest BCUT2D eigenvalue weighted by molar-refractivity contribution is 6.00. The summed E-state index contributed by atoms with van der Waals surface area (Å²) < 4.78 is 0. The second kappa shape index (κ2) is 6.85. The Bertz CT molecular complexity index is 734. The van der Waals surface area contributed by atoms with E-state index in [-0.39, 0.29) is 29.6 Å². The quantitative estimate of drug-likeness (QED) is 0.496. The lowest BCUT2D eigenvalue weighted by Crippen LogP contribution is -2.63. The molecular weight excluding hydrogens is 332 g/mol. The molecule has 3 heterocycles. The molecule has 3 rings (SSSR count). The van der Waals surface area contributed by atoms with Crippen LogP contribution in [0.15, 0.2) is 47.7 Å². The smallest absolute Gasteiger partial charge is 0.352 e. The monoisotopic (exact) mass is 358 g/mol. The summed E-state index contributed by atoms with van der Waals surface area (Å²) >= 11 is 0. The van der Waals surface area contributed by atoms with Gasteiger partial charge in [0.25, 0.3) is 0 Å². The molecule has 0 saturated carbocycles. The molecule has 0 aliphatic carbocycles. The fourth-order valence-corrected chi connectivity index (χ4v) is 4.56. The van der Waals surface area contributed by atoms with Crippen LogP contribution in [0.3, 0.4) is 0 Å². The van der Waals surface area contributed by atoms with Gasteiger partial charge < -0.3 is 20.4 Å². The topological polar surface area (TPSA) is 89.9 Å². The van der Waals surface area contributed by atoms with Gasteiger partial charge in [-0.25, -0.2) is 4.79 Å². The number of carboxylic acid groups (broad SMARTS) is 1. The number of aliphatic hydroxyl groups is 1. The van der Waals surface area contributed by atoms with Crippen molar-refractivity contribution in [3.63, 3.8) is 0 Å². The van der Waals surface area contributed by atoms with Crippen LogP contribution in [0.4, 0.5) is 0 Å². The van der Waals surface area contributed by atoms with Crippen LogP contribution in [-0.2, 0) is 9.59 Å². The van der Waals surface area contributed by atoms with Crippen molar-refractivity contribution < 1.29 is 19.8 Å². The number of hydrogen-bond donors (Lipinski definition) is 3. The number of β-lactam (4-membered cyclic amide) rings is 1. The Labute approximate surface area is 153 Å². The summed E-state index contributed by atoms with van der Waals surface area (Å²) in [5.41, 5.74) is 2.70. The molecular formula is C20H26N2O4. The maximum atomic E-state index is 12.5. The van der Waals surface area contributed by atoms with Crippen molar-refractivity contribution in [3.8, 4) is 0 Å². The summed E-state index contributed by atoms with van der Waals surface area (Å²) in [7, 11) is 0. The molecule has 6 nitrogen and oxygen atoms in total. The molecule has 0 aromatic carbocycles. The van der Waals surface area contributed by atoms with Gasteiger partial charge in [0, 0.05) is 18.5 Å². The molecule has 26 heavy (non-hydrogen) atoms. The molecule has 0 aromatic rings. The van der Waals surface area contributed by atoms with Crippen molar-refractivity contribution in [2.24, 2.45) is 11.8 Å². The van der Waals surface area contributed by atoms with Crippen LogP contribution in [0.1, 0.15) is 26.7 Å². The van der Waals surface area contributed by atoms with E-state index in [1.54, 1.807) is 13.0 Å². The van der Waals surface area contributed by atoms with Crippen LogP contribution in [0.2, 0.25) is 0 Å². The maximum Gasteiger partial charge on any atom is 0.352 e. The molecule has 0 spiro atoms. The number of nitrogens with one attached hydrogen (secondary N) is 1. The molecule has 1 amide bonds. The Morgan fingerprint density at radius 1 is 1.50 bits per heavy atom. The number of rotatable bonds is 6. The first-order valence-electron chi connectivity index (χ1n) is 8.96. The van der Waals surface area contributed by atoms with E-state index in [0.717, 1.165) is 24.1 Å². The second-order valence-electron chi connectivity index (χ2n) is 7.45. The van der Waals surface area contributed by atoms with E-state index in [4.69, 9.17) is 0 Å². The van der Waals surface area contributed by atoms with Gasteiger partial charge in [-0.2, -0.15) is 0 Å². The molecule has 0 bridgehead atoms. The van der Waals surface area contributed by atoms with Crippen LogP contribution < -0.4 is 5.32 Å². The number of fused-ring (bicyclic) bond motifs is 1. The highest BCUT2D eigenvalue weighted by Crippen LogP contribution is 2.50. The lowest BCUT2D eigenvalue weighted by molar-refractivity contribution is -0.163. The van der Waals surface area contributed by atoms with Gasteiger partial charge in [-0.3, -0.25) is 4.79 Å². The fraction of sp³-hybridized carbons (Fsp3) is 0.500. The summed E-state index contributed by atoms with van der Waals surface area (Å²) in [5, 5.41) is 23.1. The minimum Gasteiger partial charge on any atom is -0.477 e. The third-order valence-electron chi connectivity index (χ3n) is 5.61. The number of carboxylic acids is 1. The zero-order valence-electron chi connectivity index (χ0n) is 15.2. The Hall–Kier alpha value is -2.18. The first kappa shape index (κ1) is 18.6. The van der Waals surface area contributed by atoms with Gasteiger partial charge in [0.2, 0.25) is 5.91 Å². The molecule has 0 aromatic heterocycles. The average molecular weight is 358 g/mol. The normalized spacial score (nSPS) is 32.6. The molecule has 2 saturated heterocycles. The number of nitrogens with zero attached hydrogens (tertiary/aromatic N) is 1. The zero-order valence-corrected chi connectivity index (χ0v) is 15.2. The lowest BCUT2D eigenvalue weighted by atomic mass is 9.74. The van der Waals surface area contributed by atoms with E-state index in [1.807, 2.05) is 13.0 Å². The Morgan fingerprint density at radius 2 is 2.19 bits per heavy atom. The fourth-order valence-electron chi connectivity index (χ4n) is 4.56. The average Bonchev–Trinajstić information content (AvgIpc) is 3.06. The molecule has 3 N–H and O–H groups in total. The van der Waals surface area contributed by atoms with Crippen LogP contribution in [-0.4, -0.2) is 51.7 Å². The summed E-state index contributed by atoms with van der Waals surface area (Å²) in [6, 6.07) is -0.206. The number of carbonyl (C=O) groups excluding carboxylic acids is 1. The van der Waals surface area contributed by atoms with Crippen LogP contribution >= 0.6 is 0 Å². The molecule has 2 fully saturated rings. The standard InChI is InChI=1S/C20H26N2O4/c1-5-6-14-15(11(3)8-13-7-10(2)9-21-13)18(20(25)26)22-17(14)16(12(4)23)19(22)24/h5,8,12-14,16-17,21,23H,1-2,6-7,9H2,3-4H3,(H,25,26)/t12-,13+,14?,16-,17-/m1/s1. The predicted molar refractivity (Wildman–Crippen MR) is 98.1 cm³/mol. The minimum absolute atomic E-state index is 0.0503. The number of aliphatic hydroxyl groups excluding tert-OH is 1. The van der Waals surface area contributed by atoms with Gasteiger partial charge in [-0.05, 0) is 37.8 Å². The van der Waals surface area contributed by atoms with Gasteiger partial charge in [-0.15, -0.1) is 6.58 Å². The van der Waals surface area contributed by atoms with E-state index >= 15 is 0 Å². The van der Waals surface area contributed by atoms with Gasteiger partial charge in [0.15, 0.2) is 0 Å². The maximum absolute atomic E-state index is 12.5. The second-order valence-corrected chi connectivity index (χ2v) is 7.45. The van der Waals surface area contributed by atoms with Crippen molar-refractivity contribution >= 4 is 11.9 Å². The minimum atomic E-state index is -1.11. The third-order valence-corrected chi connectivity index (χ3v) is 5.61. The summed E-state index contributed by atoms with van der Waals surface area (Å²) in [6.07, 6.45) is 4.34. The van der Waals surface area contributed by atoms with Gasteiger partial charge in [-0.1, -0.05) is 24.3 Å². The molecule has 3 aliphatic rings. The van der Waals surface area contributed by atoms with Crippen molar-refractivity contribution in [2.75, 3.05) is 6.54 Å². The number of hydrogen-bond acceptors (Lipinski definition) is 4. The van der Waals surface area contributed by atoms with E-state index in [9.17, 15) is 19.8 Å². The van der Waals surface area contributed by atoms with E-state index < -0.39 is 18.0 Å². The highest BCUT2D eigenvalue weighted by Gasteiger charge is 2.60. The summed E-state index contributed by atoms with van der Waals surface area (Å²) in [5.74, 6) is -2.15. The van der Waals surface area contributed by atoms with Crippen molar-refractivity contribution in [2.45, 2.75) is 44.9 Å². The Kier molecular flexibility index (Phi) is 4.90. The van der Waals surface area contributed by atoms with E-state index in [1.165, 1.54) is 4.90 Å². The van der Waals surface area contributed by atoms with Crippen LogP contribution in [0.25, 0.3) is 0 Å². The largest absolute Gasteiger partial charge is 0.477 e. The van der Waals surface area contributed by atoms with Crippen molar-refractivity contribution in [1.82, 2.24) is 10.2 Å². The zero-order chi connectivity index (χ0) is 19.2. The Morgan fingerprint density at radius 3 is 2.69 bits per heavy atom. The van der Waals surface area contributed by atoms with Crippen molar-refractivity contribution in [1.29, 1.82) is 0 Å². The Balaban J connectivity index is 2.03. The third kappa shape index (κ3) is 2.83. The number of amides is 1. The first-order chi connectivity index (χ1) is 12.3. The molecule has 0 radical (unpaired) electrons. The highest BCUT2D eigenvalue weighted by atomic mass is 16.4. The lowest BCUT2D eigenvalue weighted by Gasteiger charge is -2.47. The van der Waals surface area contributed by atoms with E-state index in [0.29, 0.717) is 12.0 Å². The number of allylic oxidation sites excluding steroid dienone is 2. The molecule has 3 aliphatic heterocycles. The van der Waals surface area contributed by atoms with Crippen molar-refractivity contribution in [3.05, 3.63) is 47.7 Å². The van der Waals surface area contributed by atoms with Crippen LogP contribution in [0.5, 0.6) is 0 Å². The molecule has 5 atom stereocenters. The molecule has 6 heteroatoms. The first-order valence-corrected chi connectivity index (χ1v) is 8.96. The van der Waals surface area contributed by atoms with E-state index in [2.05, 4.69) is 18.5 Å².